The first kappa shape index (κ1) is 20.2. The van der Waals surface area contributed by atoms with Crippen LogP contribution in [-0.4, -0.2) is 57.9 Å². The molecule has 0 bridgehead atoms. The second kappa shape index (κ2) is 8.62. The largest absolute Gasteiger partial charge is 0.325 e. The van der Waals surface area contributed by atoms with E-state index < -0.39 is 0 Å². The highest BCUT2D eigenvalue weighted by Gasteiger charge is 2.28. The molecule has 2 aromatic rings. The maximum absolute atomic E-state index is 13.3. The number of aryl methyl sites for hydroxylation is 1. The molecule has 1 aromatic heterocycles. The number of amides is 1. The third-order valence-electron chi connectivity index (χ3n) is 5.20. The SMILES string of the molecule is Cc1cc(=O)[nH]c([C@H](C)N2CCN([C@H](C)C(=O)Nc3cccc(F)c3)CC2)n1. The molecule has 7 nitrogen and oxygen atoms in total. The number of carbonyl (C=O) groups is 1. The summed E-state index contributed by atoms with van der Waals surface area (Å²) >= 11 is 0. The maximum Gasteiger partial charge on any atom is 0.251 e. The monoisotopic (exact) mass is 387 g/mol. The van der Waals surface area contributed by atoms with Crippen molar-refractivity contribution in [3.05, 3.63) is 58.0 Å². The van der Waals surface area contributed by atoms with Crippen molar-refractivity contribution in [3.63, 3.8) is 0 Å². The van der Waals surface area contributed by atoms with Gasteiger partial charge in [0.1, 0.15) is 11.6 Å². The number of aromatic nitrogens is 2. The number of rotatable bonds is 5. The summed E-state index contributed by atoms with van der Waals surface area (Å²) in [5.74, 6) is 0.128. The minimum absolute atomic E-state index is 0.00817. The minimum Gasteiger partial charge on any atom is -0.325 e. The number of anilines is 1. The molecule has 1 fully saturated rings. The van der Waals surface area contributed by atoms with Crippen molar-refractivity contribution >= 4 is 11.6 Å². The predicted molar refractivity (Wildman–Crippen MR) is 106 cm³/mol. The molecule has 8 heteroatoms. The second-order valence-corrected chi connectivity index (χ2v) is 7.20. The van der Waals surface area contributed by atoms with Gasteiger partial charge >= 0.3 is 0 Å². The van der Waals surface area contributed by atoms with Crippen LogP contribution in [0.3, 0.4) is 0 Å². The summed E-state index contributed by atoms with van der Waals surface area (Å²) in [6.07, 6.45) is 0. The number of halogens is 1. The van der Waals surface area contributed by atoms with Crippen molar-refractivity contribution < 1.29 is 9.18 Å². The van der Waals surface area contributed by atoms with Crippen LogP contribution in [0.15, 0.2) is 35.1 Å². The van der Waals surface area contributed by atoms with Gasteiger partial charge in [-0.15, -0.1) is 0 Å². The van der Waals surface area contributed by atoms with Crippen LogP contribution in [0.1, 0.15) is 31.4 Å². The van der Waals surface area contributed by atoms with Crippen molar-refractivity contribution in [3.8, 4) is 0 Å². The van der Waals surface area contributed by atoms with Crippen molar-refractivity contribution in [1.29, 1.82) is 0 Å². The van der Waals surface area contributed by atoms with E-state index in [0.717, 1.165) is 26.2 Å². The summed E-state index contributed by atoms with van der Waals surface area (Å²) in [7, 11) is 0. The molecule has 1 aromatic carbocycles. The van der Waals surface area contributed by atoms with Crippen molar-refractivity contribution in [2.45, 2.75) is 32.9 Å². The molecule has 0 spiro atoms. The van der Waals surface area contributed by atoms with Gasteiger partial charge in [-0.3, -0.25) is 19.4 Å². The maximum atomic E-state index is 13.3. The van der Waals surface area contributed by atoms with Crippen LogP contribution in [0.2, 0.25) is 0 Å². The number of nitrogens with zero attached hydrogens (tertiary/aromatic N) is 3. The van der Waals surface area contributed by atoms with Crippen LogP contribution in [0.4, 0.5) is 10.1 Å². The number of hydrogen-bond acceptors (Lipinski definition) is 5. The zero-order valence-electron chi connectivity index (χ0n) is 16.4. The van der Waals surface area contributed by atoms with E-state index in [0.29, 0.717) is 17.2 Å². The predicted octanol–water partition coefficient (Wildman–Crippen LogP) is 1.92. The summed E-state index contributed by atoms with van der Waals surface area (Å²) < 4.78 is 13.3. The summed E-state index contributed by atoms with van der Waals surface area (Å²) in [6, 6.07) is 7.04. The van der Waals surface area contributed by atoms with Gasteiger partial charge in [-0.2, -0.15) is 0 Å². The summed E-state index contributed by atoms with van der Waals surface area (Å²) in [5, 5.41) is 2.77. The molecule has 2 heterocycles. The first-order valence-corrected chi connectivity index (χ1v) is 9.46. The van der Waals surface area contributed by atoms with Gasteiger partial charge in [0.15, 0.2) is 0 Å². The van der Waals surface area contributed by atoms with Crippen LogP contribution in [0.25, 0.3) is 0 Å². The van der Waals surface area contributed by atoms with Crippen molar-refractivity contribution in [2.24, 2.45) is 0 Å². The number of H-pyrrole nitrogens is 1. The van der Waals surface area contributed by atoms with Gasteiger partial charge in [-0.25, -0.2) is 9.37 Å². The smallest absolute Gasteiger partial charge is 0.251 e. The van der Waals surface area contributed by atoms with E-state index >= 15 is 0 Å². The molecule has 1 saturated heterocycles. The number of nitrogens with one attached hydrogen (secondary N) is 2. The average molecular weight is 387 g/mol. The summed E-state index contributed by atoms with van der Waals surface area (Å²) in [6.45, 7) is 8.64. The highest BCUT2D eigenvalue weighted by molar-refractivity contribution is 5.94. The standard InChI is InChI=1S/C20H26FN5O2/c1-13-11-18(27)24-19(22-13)14(2)25-7-9-26(10-8-25)15(3)20(28)23-17-6-4-5-16(21)12-17/h4-6,11-12,14-15H,7-10H2,1-3H3,(H,23,28)(H,22,24,27)/t14-,15+/m0/s1. The number of piperazine rings is 1. The van der Waals surface area contributed by atoms with Gasteiger partial charge in [-0.1, -0.05) is 6.07 Å². The van der Waals surface area contributed by atoms with E-state index in [1.54, 1.807) is 12.1 Å². The van der Waals surface area contributed by atoms with Crippen LogP contribution in [0, 0.1) is 12.7 Å². The Morgan fingerprint density at radius 2 is 1.86 bits per heavy atom. The number of hydrogen-bond donors (Lipinski definition) is 2. The Kier molecular flexibility index (Phi) is 6.21. The molecule has 0 saturated carbocycles. The Morgan fingerprint density at radius 1 is 1.18 bits per heavy atom. The van der Waals surface area contributed by atoms with Crippen LogP contribution < -0.4 is 10.9 Å². The third-order valence-corrected chi connectivity index (χ3v) is 5.20. The Hall–Kier alpha value is -2.58. The molecule has 0 unspecified atom stereocenters. The molecule has 2 N–H and O–H groups in total. The summed E-state index contributed by atoms with van der Waals surface area (Å²) in [5.41, 5.74) is 1.01. The lowest BCUT2D eigenvalue weighted by Crippen LogP contribution is -2.53. The minimum atomic E-state index is -0.379. The van der Waals surface area contributed by atoms with Crippen LogP contribution in [0.5, 0.6) is 0 Å². The van der Waals surface area contributed by atoms with Gasteiger partial charge in [0, 0.05) is 43.6 Å². The van der Waals surface area contributed by atoms with Crippen LogP contribution in [-0.2, 0) is 4.79 Å². The van der Waals surface area contributed by atoms with Gasteiger partial charge in [-0.05, 0) is 39.0 Å². The average Bonchev–Trinajstić information content (AvgIpc) is 2.66. The lowest BCUT2D eigenvalue weighted by Gasteiger charge is -2.39. The first-order chi connectivity index (χ1) is 13.3. The highest BCUT2D eigenvalue weighted by atomic mass is 19.1. The first-order valence-electron chi connectivity index (χ1n) is 9.46. The molecular formula is C20H26FN5O2. The number of benzene rings is 1. The fourth-order valence-corrected chi connectivity index (χ4v) is 3.46. The van der Waals surface area contributed by atoms with E-state index in [1.165, 1.54) is 18.2 Å². The molecule has 150 valence electrons. The van der Waals surface area contributed by atoms with Crippen molar-refractivity contribution in [2.75, 3.05) is 31.5 Å². The van der Waals surface area contributed by atoms with Gasteiger partial charge in [0.25, 0.3) is 5.56 Å². The Bertz CT molecular complexity index is 892. The van der Waals surface area contributed by atoms with Crippen LogP contribution >= 0.6 is 0 Å². The van der Waals surface area contributed by atoms with Gasteiger partial charge in [0.2, 0.25) is 5.91 Å². The van der Waals surface area contributed by atoms with Gasteiger partial charge < -0.3 is 10.3 Å². The number of carbonyl (C=O) groups excluding carboxylic acids is 1. The van der Waals surface area contributed by atoms with E-state index in [2.05, 4.69) is 25.1 Å². The van der Waals surface area contributed by atoms with Gasteiger partial charge in [0.05, 0.1) is 12.1 Å². The third kappa shape index (κ3) is 4.82. The second-order valence-electron chi connectivity index (χ2n) is 7.20. The van der Waals surface area contributed by atoms with E-state index in [1.807, 2.05) is 20.8 Å². The highest BCUT2D eigenvalue weighted by Crippen LogP contribution is 2.19. The lowest BCUT2D eigenvalue weighted by molar-refractivity contribution is -0.121. The Morgan fingerprint density at radius 3 is 2.50 bits per heavy atom. The molecule has 28 heavy (non-hydrogen) atoms. The van der Waals surface area contributed by atoms with E-state index in [-0.39, 0.29) is 29.4 Å². The molecule has 2 atom stereocenters. The van der Waals surface area contributed by atoms with E-state index in [9.17, 15) is 14.0 Å². The molecule has 1 aliphatic rings. The van der Waals surface area contributed by atoms with E-state index in [4.69, 9.17) is 0 Å². The molecule has 3 rings (SSSR count). The topological polar surface area (TPSA) is 81.3 Å². The molecular weight excluding hydrogens is 361 g/mol. The zero-order valence-corrected chi connectivity index (χ0v) is 16.4. The lowest BCUT2D eigenvalue weighted by atomic mass is 10.1. The molecule has 0 aliphatic carbocycles. The fraction of sp³-hybridized carbons (Fsp3) is 0.450. The molecule has 0 radical (unpaired) electrons. The molecule has 1 amide bonds. The fourth-order valence-electron chi connectivity index (χ4n) is 3.46. The molecule has 1 aliphatic heterocycles. The number of aromatic amines is 1. The summed E-state index contributed by atoms with van der Waals surface area (Å²) in [4.78, 5) is 35.8. The van der Waals surface area contributed by atoms with Crippen molar-refractivity contribution in [1.82, 2.24) is 19.8 Å². The normalized spacial score (nSPS) is 17.9. The Labute approximate surface area is 163 Å². The quantitative estimate of drug-likeness (QED) is 0.819. The Balaban J connectivity index is 1.56. The zero-order chi connectivity index (χ0) is 20.3.